The summed E-state index contributed by atoms with van der Waals surface area (Å²) in [5, 5.41) is 9.22. The number of carbonyl (C=O) groups is 2. The van der Waals surface area contributed by atoms with Gasteiger partial charge in [-0.05, 0) is 31.9 Å². The molecule has 6 heteroatoms. The summed E-state index contributed by atoms with van der Waals surface area (Å²) in [5.41, 5.74) is 10.6. The lowest BCUT2D eigenvalue weighted by atomic mass is 9.78. The van der Waals surface area contributed by atoms with Gasteiger partial charge in [-0.15, -0.1) is 12.4 Å². The molecular weight excluding hydrogens is 280 g/mol. The van der Waals surface area contributed by atoms with E-state index in [1.54, 1.807) is 0 Å². The van der Waals surface area contributed by atoms with Crippen LogP contribution in [0, 0.1) is 5.41 Å². The molecule has 0 aliphatic rings. The first kappa shape index (κ1) is 18.6. The number of halogens is 1. The number of carboxylic acid groups (broad SMARTS) is 1. The fourth-order valence-corrected chi connectivity index (χ4v) is 1.99. The van der Waals surface area contributed by atoms with E-state index >= 15 is 0 Å². The third-order valence-electron chi connectivity index (χ3n) is 3.30. The van der Waals surface area contributed by atoms with E-state index in [1.807, 2.05) is 30.3 Å². The normalized spacial score (nSPS) is 14.8. The van der Waals surface area contributed by atoms with Crippen molar-refractivity contribution in [1.29, 1.82) is 0 Å². The molecular formula is C14H21ClN2O3. The minimum Gasteiger partial charge on any atom is -0.481 e. The van der Waals surface area contributed by atoms with E-state index < -0.39 is 23.2 Å². The molecule has 0 aromatic heterocycles. The Kier molecular flexibility index (Phi) is 7.42. The van der Waals surface area contributed by atoms with E-state index in [0.29, 0.717) is 6.42 Å². The van der Waals surface area contributed by atoms with Crippen LogP contribution in [0.5, 0.6) is 0 Å². The molecule has 112 valence electrons. The summed E-state index contributed by atoms with van der Waals surface area (Å²) < 4.78 is 0. The van der Waals surface area contributed by atoms with Crippen LogP contribution in [-0.4, -0.2) is 29.4 Å². The van der Waals surface area contributed by atoms with Crippen molar-refractivity contribution in [1.82, 2.24) is 0 Å². The Hall–Kier alpha value is -1.43. The number of carbonyl (C=O) groups excluding carboxylic acids is 1. The standard InChI is InChI=1S/C14H20N2O3.ClH/c1-14(7-8-15,13(18)19)12(17)11(16)9-10-5-3-2-4-6-10;/h2-6,11H,7-9,15-16H2,1H3,(H,18,19);1H/t11-,14?;/m0./s1. The van der Waals surface area contributed by atoms with Crippen molar-refractivity contribution in [2.45, 2.75) is 25.8 Å². The van der Waals surface area contributed by atoms with Crippen molar-refractivity contribution in [3.8, 4) is 0 Å². The van der Waals surface area contributed by atoms with Crippen LogP contribution in [0.4, 0.5) is 0 Å². The molecule has 0 radical (unpaired) electrons. The lowest BCUT2D eigenvalue weighted by Gasteiger charge is -2.26. The SMILES string of the molecule is CC(CCN)(C(=O)O)C(=O)[C@@H](N)Cc1ccccc1.Cl. The highest BCUT2D eigenvalue weighted by molar-refractivity contribution is 6.05. The second kappa shape index (κ2) is 7.99. The van der Waals surface area contributed by atoms with Crippen LogP contribution in [0.15, 0.2) is 30.3 Å². The van der Waals surface area contributed by atoms with Crippen LogP contribution in [0.3, 0.4) is 0 Å². The molecule has 0 spiro atoms. The summed E-state index contributed by atoms with van der Waals surface area (Å²) in [6, 6.07) is 8.44. The molecule has 1 rings (SSSR count). The number of hydrogen-bond donors (Lipinski definition) is 3. The van der Waals surface area contributed by atoms with Gasteiger partial charge in [0.1, 0.15) is 5.41 Å². The molecule has 1 aromatic rings. The van der Waals surface area contributed by atoms with E-state index in [4.69, 9.17) is 11.5 Å². The largest absolute Gasteiger partial charge is 0.481 e. The maximum absolute atomic E-state index is 12.2. The number of ketones is 1. The number of Topliss-reactive ketones (excluding diaryl/α,β-unsaturated/α-hetero) is 1. The van der Waals surface area contributed by atoms with E-state index in [9.17, 15) is 14.7 Å². The summed E-state index contributed by atoms with van der Waals surface area (Å²) in [6.07, 6.45) is 0.413. The number of carboxylic acids is 1. The highest BCUT2D eigenvalue weighted by Crippen LogP contribution is 2.24. The van der Waals surface area contributed by atoms with Crippen molar-refractivity contribution in [3.63, 3.8) is 0 Å². The molecule has 0 amide bonds. The fourth-order valence-electron chi connectivity index (χ4n) is 1.99. The molecule has 5 nitrogen and oxygen atoms in total. The van der Waals surface area contributed by atoms with Gasteiger partial charge >= 0.3 is 5.97 Å². The van der Waals surface area contributed by atoms with Crippen LogP contribution in [0.1, 0.15) is 18.9 Å². The Balaban J connectivity index is 0.00000361. The highest BCUT2D eigenvalue weighted by Gasteiger charge is 2.42. The Bertz CT molecular complexity index is 453. The van der Waals surface area contributed by atoms with Crippen LogP contribution in [0.25, 0.3) is 0 Å². The van der Waals surface area contributed by atoms with Gasteiger partial charge in [0.05, 0.1) is 6.04 Å². The number of aliphatic carboxylic acids is 1. The summed E-state index contributed by atoms with van der Waals surface area (Å²) in [7, 11) is 0. The van der Waals surface area contributed by atoms with E-state index in [2.05, 4.69) is 0 Å². The first-order valence-corrected chi connectivity index (χ1v) is 6.19. The maximum Gasteiger partial charge on any atom is 0.317 e. The molecule has 0 aliphatic carbocycles. The topological polar surface area (TPSA) is 106 Å². The molecule has 0 fully saturated rings. The Labute approximate surface area is 124 Å². The van der Waals surface area contributed by atoms with Crippen LogP contribution in [-0.2, 0) is 16.0 Å². The van der Waals surface area contributed by atoms with Crippen LogP contribution >= 0.6 is 12.4 Å². The fraction of sp³-hybridized carbons (Fsp3) is 0.429. The van der Waals surface area contributed by atoms with Crippen LogP contribution in [0.2, 0.25) is 0 Å². The van der Waals surface area contributed by atoms with Gasteiger partial charge in [-0.25, -0.2) is 0 Å². The molecule has 2 atom stereocenters. The third kappa shape index (κ3) is 4.30. The van der Waals surface area contributed by atoms with Gasteiger partial charge in [0.2, 0.25) is 0 Å². The minimum atomic E-state index is -1.51. The van der Waals surface area contributed by atoms with Gasteiger partial charge in [-0.1, -0.05) is 30.3 Å². The Morgan fingerprint density at radius 1 is 1.30 bits per heavy atom. The van der Waals surface area contributed by atoms with Gasteiger partial charge in [0.15, 0.2) is 5.78 Å². The number of hydrogen-bond acceptors (Lipinski definition) is 4. The zero-order chi connectivity index (χ0) is 14.5. The number of rotatable bonds is 7. The van der Waals surface area contributed by atoms with Crippen molar-refractivity contribution in [2.24, 2.45) is 16.9 Å². The lowest BCUT2D eigenvalue weighted by Crippen LogP contribution is -2.48. The van der Waals surface area contributed by atoms with Gasteiger partial charge < -0.3 is 16.6 Å². The second-order valence-electron chi connectivity index (χ2n) is 4.84. The molecule has 5 N–H and O–H groups in total. The number of nitrogens with two attached hydrogens (primary N) is 2. The molecule has 0 saturated heterocycles. The first-order valence-electron chi connectivity index (χ1n) is 6.19. The van der Waals surface area contributed by atoms with E-state index in [1.165, 1.54) is 6.92 Å². The average Bonchev–Trinajstić information content (AvgIpc) is 2.38. The summed E-state index contributed by atoms with van der Waals surface area (Å²) in [6.45, 7) is 1.52. The minimum absolute atomic E-state index is 0. The van der Waals surface area contributed by atoms with Crippen LogP contribution < -0.4 is 11.5 Å². The average molecular weight is 301 g/mol. The maximum atomic E-state index is 12.2. The predicted octanol–water partition coefficient (Wildman–Crippen LogP) is 0.987. The van der Waals surface area contributed by atoms with Crippen molar-refractivity contribution < 1.29 is 14.7 Å². The van der Waals surface area contributed by atoms with Gasteiger partial charge in [0, 0.05) is 0 Å². The third-order valence-corrected chi connectivity index (χ3v) is 3.30. The summed E-state index contributed by atoms with van der Waals surface area (Å²) in [4.78, 5) is 23.5. The smallest absolute Gasteiger partial charge is 0.317 e. The van der Waals surface area contributed by atoms with Crippen molar-refractivity contribution >= 4 is 24.2 Å². The number of benzene rings is 1. The Morgan fingerprint density at radius 3 is 2.30 bits per heavy atom. The summed E-state index contributed by atoms with van der Waals surface area (Å²) in [5.74, 6) is -1.65. The summed E-state index contributed by atoms with van der Waals surface area (Å²) >= 11 is 0. The van der Waals surface area contributed by atoms with Gasteiger partial charge in [-0.3, -0.25) is 9.59 Å². The highest BCUT2D eigenvalue weighted by atomic mass is 35.5. The molecule has 1 aromatic carbocycles. The van der Waals surface area contributed by atoms with Gasteiger partial charge in [0.25, 0.3) is 0 Å². The molecule has 0 aliphatic heterocycles. The molecule has 0 heterocycles. The van der Waals surface area contributed by atoms with Gasteiger partial charge in [-0.2, -0.15) is 0 Å². The predicted molar refractivity (Wildman–Crippen MR) is 79.8 cm³/mol. The first-order chi connectivity index (χ1) is 8.91. The quantitative estimate of drug-likeness (QED) is 0.651. The second-order valence-corrected chi connectivity index (χ2v) is 4.84. The molecule has 1 unspecified atom stereocenters. The Morgan fingerprint density at radius 2 is 1.85 bits per heavy atom. The van der Waals surface area contributed by atoms with Crippen molar-refractivity contribution in [2.75, 3.05) is 6.54 Å². The molecule has 20 heavy (non-hydrogen) atoms. The molecule has 0 saturated carbocycles. The lowest BCUT2D eigenvalue weighted by molar-refractivity contribution is -0.154. The van der Waals surface area contributed by atoms with Crippen molar-refractivity contribution in [3.05, 3.63) is 35.9 Å². The molecule has 0 bridgehead atoms. The zero-order valence-corrected chi connectivity index (χ0v) is 12.2. The zero-order valence-electron chi connectivity index (χ0n) is 11.4. The van der Waals surface area contributed by atoms with E-state index in [0.717, 1.165) is 5.56 Å². The monoisotopic (exact) mass is 300 g/mol. The van der Waals surface area contributed by atoms with E-state index in [-0.39, 0.29) is 25.4 Å².